The van der Waals surface area contributed by atoms with E-state index >= 15 is 0 Å². The Labute approximate surface area is 234 Å². The number of anilines is 1. The molecule has 2 N–H and O–H groups in total. The third-order valence-corrected chi connectivity index (χ3v) is 10.7. The number of nitrogens with zero attached hydrogens (tertiary/aromatic N) is 4. The van der Waals surface area contributed by atoms with Crippen molar-refractivity contribution >= 4 is 34.5 Å². The van der Waals surface area contributed by atoms with Gasteiger partial charge in [0.1, 0.15) is 6.23 Å². The second kappa shape index (κ2) is 9.44. The van der Waals surface area contributed by atoms with Crippen LogP contribution in [0.1, 0.15) is 77.0 Å². The van der Waals surface area contributed by atoms with Crippen molar-refractivity contribution in [3.63, 3.8) is 0 Å². The van der Waals surface area contributed by atoms with Gasteiger partial charge in [-0.25, -0.2) is 4.98 Å². The number of fused-ring (bicyclic) bond motifs is 6. The van der Waals surface area contributed by atoms with E-state index in [1.54, 1.807) is 0 Å². The van der Waals surface area contributed by atoms with Gasteiger partial charge in [0.05, 0.1) is 11.9 Å². The maximum Gasteiger partial charge on any atom is 0.226 e. The number of nitrogens with one attached hydrogen (secondary N) is 2. The number of hydrogen-bond acceptors (Lipinski definition) is 6. The molecular weight excluding hydrogens is 512 g/mol. The summed E-state index contributed by atoms with van der Waals surface area (Å²) in [4.78, 5) is 25.9. The molecule has 7 atom stereocenters. The zero-order chi connectivity index (χ0) is 26.8. The van der Waals surface area contributed by atoms with Crippen LogP contribution in [0.15, 0.2) is 36.7 Å². The lowest BCUT2D eigenvalue weighted by Crippen LogP contribution is -2.63. The lowest BCUT2D eigenvalue weighted by molar-refractivity contribution is -0.231. The minimum absolute atomic E-state index is 0.137. The van der Waals surface area contributed by atoms with Crippen molar-refractivity contribution < 1.29 is 9.53 Å². The second-order valence-electron chi connectivity index (χ2n) is 12.6. The van der Waals surface area contributed by atoms with Crippen molar-refractivity contribution in [2.75, 3.05) is 5.32 Å². The van der Waals surface area contributed by atoms with Gasteiger partial charge in [0.2, 0.25) is 11.2 Å². The first-order valence-electron chi connectivity index (χ1n) is 14.5. The smallest absolute Gasteiger partial charge is 0.226 e. The number of imidazole rings is 1. The molecular formula is C30H37ClN6O2. The molecule has 9 heteroatoms. The maximum atomic E-state index is 12.1. The Morgan fingerprint density at radius 3 is 2.77 bits per heavy atom. The van der Waals surface area contributed by atoms with Crippen LogP contribution in [0.4, 0.5) is 5.82 Å². The first kappa shape index (κ1) is 25.3. The van der Waals surface area contributed by atoms with Crippen LogP contribution in [-0.2, 0) is 16.1 Å². The van der Waals surface area contributed by atoms with Gasteiger partial charge in [-0.05, 0) is 92.2 Å². The number of carbonyl (C=O) groups excluding carboxylic acids is 1. The van der Waals surface area contributed by atoms with Crippen molar-refractivity contribution in [1.29, 1.82) is 0 Å². The molecule has 4 fully saturated rings. The Hall–Kier alpha value is -2.71. The summed E-state index contributed by atoms with van der Waals surface area (Å²) in [5.41, 5.74) is 2.58. The van der Waals surface area contributed by atoms with Crippen LogP contribution in [0.5, 0.6) is 0 Å². The molecule has 2 aromatic heterocycles. The average molecular weight is 549 g/mol. The molecule has 39 heavy (non-hydrogen) atoms. The number of benzene rings is 1. The molecule has 7 rings (SSSR count). The fraction of sp³-hybridized carbons (Fsp3) is 0.600. The molecule has 2 aliphatic heterocycles. The molecule has 206 valence electrons. The van der Waals surface area contributed by atoms with Gasteiger partial charge in [0.15, 0.2) is 17.0 Å². The van der Waals surface area contributed by atoms with Gasteiger partial charge in [-0.3, -0.25) is 9.36 Å². The molecule has 4 heterocycles. The summed E-state index contributed by atoms with van der Waals surface area (Å²) >= 11 is 6.40. The minimum atomic E-state index is -0.187. The van der Waals surface area contributed by atoms with Crippen LogP contribution < -0.4 is 10.6 Å². The highest BCUT2D eigenvalue weighted by atomic mass is 35.5. The predicted molar refractivity (Wildman–Crippen MR) is 150 cm³/mol. The summed E-state index contributed by atoms with van der Waals surface area (Å²) in [6.45, 7) is 5.39. The summed E-state index contributed by atoms with van der Waals surface area (Å²) in [5.74, 6) is 2.69. The van der Waals surface area contributed by atoms with Crippen molar-refractivity contribution in [2.24, 2.45) is 23.2 Å². The molecule has 0 unspecified atom stereocenters. The lowest BCUT2D eigenvalue weighted by Gasteiger charge is -2.62. The minimum Gasteiger partial charge on any atom is -0.364 e. The van der Waals surface area contributed by atoms with Crippen LogP contribution in [0.25, 0.3) is 11.2 Å². The van der Waals surface area contributed by atoms with Gasteiger partial charge >= 0.3 is 0 Å². The molecule has 0 spiro atoms. The van der Waals surface area contributed by atoms with E-state index in [0.29, 0.717) is 53.7 Å². The van der Waals surface area contributed by atoms with Gasteiger partial charge < -0.3 is 15.4 Å². The van der Waals surface area contributed by atoms with Crippen LogP contribution in [0.2, 0.25) is 5.28 Å². The standard InChI is InChI=1S/C30H37ClN6O2/c1-29-14-13-23(38)34-22(29)10-8-19-20(29)12-15-30(2)21(19)9-11-24(39-30)37-17-33-25-26(35-28(31)36-27(25)37)32-16-18-6-4-3-5-7-18/h3-7,17,19-22,24H,8-16H2,1-2H3,(H,34,38)(H,32,35,36)/t19-,20+,21+,22-,24+,29-,30+/m1/s1. The van der Waals surface area contributed by atoms with E-state index in [1.807, 2.05) is 24.5 Å². The van der Waals surface area contributed by atoms with E-state index in [-0.39, 0.29) is 28.4 Å². The molecule has 8 nitrogen and oxygen atoms in total. The number of piperidine rings is 1. The maximum absolute atomic E-state index is 12.1. The number of carbonyl (C=O) groups is 1. The van der Waals surface area contributed by atoms with E-state index in [2.05, 4.69) is 51.1 Å². The van der Waals surface area contributed by atoms with Crippen molar-refractivity contribution in [1.82, 2.24) is 24.8 Å². The first-order chi connectivity index (χ1) is 18.8. The molecule has 4 aliphatic rings. The number of ether oxygens (including phenoxy) is 1. The fourth-order valence-electron chi connectivity index (χ4n) is 8.55. The Morgan fingerprint density at radius 1 is 1.08 bits per heavy atom. The molecule has 1 aromatic carbocycles. The van der Waals surface area contributed by atoms with Crippen molar-refractivity contribution in [3.05, 3.63) is 47.5 Å². The summed E-state index contributed by atoms with van der Waals surface area (Å²) in [5, 5.41) is 6.93. The predicted octanol–water partition coefficient (Wildman–Crippen LogP) is 5.88. The normalized spacial score (nSPS) is 36.0. The number of aromatic nitrogens is 4. The van der Waals surface area contributed by atoms with Crippen LogP contribution in [0.3, 0.4) is 0 Å². The van der Waals surface area contributed by atoms with Gasteiger partial charge in [-0.1, -0.05) is 37.3 Å². The van der Waals surface area contributed by atoms with Gasteiger partial charge in [0, 0.05) is 19.0 Å². The number of hydrogen-bond donors (Lipinski definition) is 2. The molecule has 3 aromatic rings. The topological polar surface area (TPSA) is 94.0 Å². The van der Waals surface area contributed by atoms with E-state index in [1.165, 1.54) is 6.42 Å². The zero-order valence-corrected chi connectivity index (χ0v) is 23.5. The van der Waals surface area contributed by atoms with Crippen LogP contribution in [-0.4, -0.2) is 37.1 Å². The zero-order valence-electron chi connectivity index (χ0n) is 22.7. The van der Waals surface area contributed by atoms with E-state index in [0.717, 1.165) is 44.1 Å². The highest BCUT2D eigenvalue weighted by Crippen LogP contribution is 2.61. The van der Waals surface area contributed by atoms with Gasteiger partial charge in [0.25, 0.3) is 0 Å². The Bertz CT molecular complexity index is 1400. The monoisotopic (exact) mass is 548 g/mol. The van der Waals surface area contributed by atoms with Gasteiger partial charge in [-0.15, -0.1) is 0 Å². The molecule has 0 bridgehead atoms. The van der Waals surface area contributed by atoms with Crippen LogP contribution >= 0.6 is 11.6 Å². The highest BCUT2D eigenvalue weighted by molar-refractivity contribution is 6.28. The summed E-state index contributed by atoms with van der Waals surface area (Å²) < 4.78 is 9.06. The lowest BCUT2D eigenvalue weighted by atomic mass is 9.48. The third kappa shape index (κ3) is 4.22. The van der Waals surface area contributed by atoms with E-state index in [9.17, 15) is 4.79 Å². The quantitative estimate of drug-likeness (QED) is 0.395. The Morgan fingerprint density at radius 2 is 1.92 bits per heavy atom. The van der Waals surface area contributed by atoms with E-state index < -0.39 is 0 Å². The SMILES string of the molecule is C[C@]12CCC(=O)N[C@@H]1CC[C@@H]1[C@@H]2CC[C@]2(C)O[C@H](n3cnc4c(NCc5ccccc5)nc(Cl)nc43)CC[C@@H]12. The average Bonchev–Trinajstić information content (AvgIpc) is 3.35. The number of rotatable bonds is 4. The third-order valence-electron chi connectivity index (χ3n) is 10.6. The number of amides is 1. The molecule has 2 saturated heterocycles. The molecule has 1 amide bonds. The van der Waals surface area contributed by atoms with Crippen molar-refractivity contribution in [3.8, 4) is 0 Å². The molecule has 0 radical (unpaired) electrons. The molecule has 2 aliphatic carbocycles. The first-order valence-corrected chi connectivity index (χ1v) is 14.9. The summed E-state index contributed by atoms with van der Waals surface area (Å²) in [7, 11) is 0. The summed E-state index contributed by atoms with van der Waals surface area (Å²) in [6, 6.07) is 10.5. The van der Waals surface area contributed by atoms with Gasteiger partial charge in [-0.2, -0.15) is 9.97 Å². The molecule has 2 saturated carbocycles. The largest absolute Gasteiger partial charge is 0.364 e. The summed E-state index contributed by atoms with van der Waals surface area (Å²) in [6.07, 6.45) is 9.86. The highest BCUT2D eigenvalue weighted by Gasteiger charge is 2.59. The van der Waals surface area contributed by atoms with Crippen molar-refractivity contribution in [2.45, 2.75) is 89.6 Å². The number of halogens is 1. The Kier molecular flexibility index (Phi) is 6.12. The Balaban J connectivity index is 1.12. The van der Waals surface area contributed by atoms with E-state index in [4.69, 9.17) is 21.3 Å². The van der Waals surface area contributed by atoms with Crippen LogP contribution in [0, 0.1) is 23.2 Å². The fourth-order valence-corrected chi connectivity index (χ4v) is 8.71. The second-order valence-corrected chi connectivity index (χ2v) is 12.9.